The third-order valence-corrected chi connectivity index (χ3v) is 3.90. The van der Waals surface area contributed by atoms with E-state index in [1.165, 1.54) is 30.5 Å². The van der Waals surface area contributed by atoms with Gasteiger partial charge in [-0.2, -0.15) is 5.26 Å². The third-order valence-electron chi connectivity index (χ3n) is 3.90. The zero-order valence-corrected chi connectivity index (χ0v) is 10.8. The van der Waals surface area contributed by atoms with E-state index >= 15 is 0 Å². The maximum Gasteiger partial charge on any atom is 0.121 e. The first kappa shape index (κ1) is 11.6. The van der Waals surface area contributed by atoms with Crippen molar-refractivity contribution in [1.82, 2.24) is 5.32 Å². The van der Waals surface area contributed by atoms with Crippen LogP contribution in [0.2, 0.25) is 0 Å². The summed E-state index contributed by atoms with van der Waals surface area (Å²) in [5, 5.41) is 12.7. The highest BCUT2D eigenvalue weighted by atomic mass is 15.1. The molecule has 3 rings (SSSR count). The molecule has 0 radical (unpaired) electrons. The van der Waals surface area contributed by atoms with Gasteiger partial charge in [-0.15, -0.1) is 0 Å². The van der Waals surface area contributed by atoms with Crippen molar-refractivity contribution in [3.05, 3.63) is 29.3 Å². The molecule has 18 heavy (non-hydrogen) atoms. The van der Waals surface area contributed by atoms with E-state index in [1.807, 2.05) is 0 Å². The molecule has 1 fully saturated rings. The van der Waals surface area contributed by atoms with E-state index < -0.39 is 0 Å². The smallest absolute Gasteiger partial charge is 0.121 e. The molecule has 2 aliphatic rings. The van der Waals surface area contributed by atoms with Crippen LogP contribution in [0.15, 0.2) is 18.2 Å². The lowest BCUT2D eigenvalue weighted by molar-refractivity contribution is 0.624. The molecule has 0 bridgehead atoms. The van der Waals surface area contributed by atoms with Gasteiger partial charge in [-0.3, -0.25) is 5.32 Å². The van der Waals surface area contributed by atoms with Crippen LogP contribution in [0.4, 0.5) is 5.69 Å². The number of benzene rings is 1. The molecule has 1 N–H and O–H groups in total. The number of nitrogens with one attached hydrogen (secondary N) is 1. The predicted octanol–water partition coefficient (Wildman–Crippen LogP) is 2.39. The Bertz CT molecular complexity index is 485. The van der Waals surface area contributed by atoms with Crippen molar-refractivity contribution in [3.63, 3.8) is 0 Å². The van der Waals surface area contributed by atoms with E-state index in [2.05, 4.69) is 41.5 Å². The highest BCUT2D eigenvalue weighted by molar-refractivity contribution is 5.56. The van der Waals surface area contributed by atoms with Gasteiger partial charge in [-0.25, -0.2) is 0 Å². The molecule has 1 aromatic rings. The van der Waals surface area contributed by atoms with Gasteiger partial charge in [-0.05, 0) is 42.9 Å². The number of nitrogens with zero attached hydrogens (tertiary/aromatic N) is 2. The van der Waals surface area contributed by atoms with Crippen LogP contribution in [0.3, 0.4) is 0 Å². The van der Waals surface area contributed by atoms with Gasteiger partial charge in [0.1, 0.15) is 6.04 Å². The van der Waals surface area contributed by atoms with Gasteiger partial charge >= 0.3 is 0 Å². The molecule has 0 spiro atoms. The van der Waals surface area contributed by atoms with Gasteiger partial charge in [0.25, 0.3) is 0 Å². The number of aryl methyl sites for hydroxylation is 1. The average molecular weight is 241 g/mol. The molecular weight excluding hydrogens is 222 g/mol. The number of anilines is 1. The van der Waals surface area contributed by atoms with Gasteiger partial charge in [0.15, 0.2) is 0 Å². The van der Waals surface area contributed by atoms with Crippen LogP contribution in [0, 0.1) is 11.3 Å². The van der Waals surface area contributed by atoms with E-state index in [9.17, 15) is 5.26 Å². The van der Waals surface area contributed by atoms with Gasteiger partial charge < -0.3 is 4.90 Å². The number of fused-ring (bicyclic) bond motifs is 1. The first-order valence-corrected chi connectivity index (χ1v) is 6.77. The van der Waals surface area contributed by atoms with Crippen molar-refractivity contribution in [2.45, 2.75) is 37.8 Å². The van der Waals surface area contributed by atoms with Gasteiger partial charge in [0, 0.05) is 25.3 Å². The topological polar surface area (TPSA) is 39.1 Å². The molecule has 1 aromatic carbocycles. The zero-order chi connectivity index (χ0) is 12.5. The summed E-state index contributed by atoms with van der Waals surface area (Å²) < 4.78 is 0. The third kappa shape index (κ3) is 2.21. The Kier molecular flexibility index (Phi) is 2.97. The van der Waals surface area contributed by atoms with Crippen molar-refractivity contribution in [1.29, 1.82) is 5.26 Å². The maximum absolute atomic E-state index is 9.29. The van der Waals surface area contributed by atoms with Crippen molar-refractivity contribution >= 4 is 5.69 Å². The normalized spacial score (nSPS) is 20.1. The minimum absolute atomic E-state index is 0.143. The summed E-state index contributed by atoms with van der Waals surface area (Å²) in [6, 6.07) is 9.29. The van der Waals surface area contributed by atoms with Crippen molar-refractivity contribution in [2.75, 3.05) is 18.5 Å². The first-order chi connectivity index (χ1) is 8.78. The van der Waals surface area contributed by atoms with Gasteiger partial charge in [0.2, 0.25) is 0 Å². The Hall–Kier alpha value is -1.53. The number of rotatable bonds is 3. The Morgan fingerprint density at radius 1 is 1.44 bits per heavy atom. The molecule has 1 atom stereocenters. The molecular formula is C15H19N3. The highest BCUT2D eigenvalue weighted by Gasteiger charge is 2.26. The van der Waals surface area contributed by atoms with Crippen LogP contribution in [0.1, 0.15) is 36.4 Å². The minimum Gasteiger partial charge on any atom is -0.374 e. The lowest BCUT2D eigenvalue weighted by Gasteiger charge is -2.28. The van der Waals surface area contributed by atoms with Crippen molar-refractivity contribution in [2.24, 2.45) is 0 Å². The van der Waals surface area contributed by atoms with Crippen LogP contribution in [0.5, 0.6) is 0 Å². The molecule has 0 aromatic heterocycles. The average Bonchev–Trinajstić information content (AvgIpc) is 3.20. The number of nitriles is 1. The molecule has 0 saturated heterocycles. The Labute approximate surface area is 108 Å². The molecule has 3 heteroatoms. The summed E-state index contributed by atoms with van der Waals surface area (Å²) >= 11 is 0. The predicted molar refractivity (Wildman–Crippen MR) is 72.5 cm³/mol. The van der Waals surface area contributed by atoms with E-state index in [0.29, 0.717) is 6.04 Å². The molecule has 1 aliphatic carbocycles. The lowest BCUT2D eigenvalue weighted by Crippen LogP contribution is -2.26. The van der Waals surface area contributed by atoms with E-state index in [-0.39, 0.29) is 6.04 Å². The lowest BCUT2D eigenvalue weighted by atomic mass is 9.97. The second kappa shape index (κ2) is 4.62. The second-order valence-electron chi connectivity index (χ2n) is 5.42. The standard InChI is InChI=1S/C15H19N3/c1-18-8-2-3-12-9-11(4-7-15(12)18)14(10-16)17-13-5-6-13/h4,7,9,13-14,17H,2-3,5-6,8H2,1H3. The van der Waals surface area contributed by atoms with Crippen molar-refractivity contribution < 1.29 is 0 Å². The van der Waals surface area contributed by atoms with E-state index in [4.69, 9.17) is 0 Å². The van der Waals surface area contributed by atoms with Crippen molar-refractivity contribution in [3.8, 4) is 6.07 Å². The van der Waals surface area contributed by atoms with Crippen LogP contribution >= 0.6 is 0 Å². The fourth-order valence-corrected chi connectivity index (χ4v) is 2.68. The Morgan fingerprint density at radius 3 is 3.00 bits per heavy atom. The highest BCUT2D eigenvalue weighted by Crippen LogP contribution is 2.30. The molecule has 1 heterocycles. The van der Waals surface area contributed by atoms with Crippen LogP contribution in [-0.2, 0) is 6.42 Å². The quantitative estimate of drug-likeness (QED) is 0.883. The van der Waals surface area contributed by atoms with Crippen LogP contribution < -0.4 is 10.2 Å². The summed E-state index contributed by atoms with van der Waals surface area (Å²) in [5.74, 6) is 0. The monoisotopic (exact) mass is 241 g/mol. The summed E-state index contributed by atoms with van der Waals surface area (Å²) in [5.41, 5.74) is 3.84. The SMILES string of the molecule is CN1CCCc2cc(C(C#N)NC3CC3)ccc21. The number of hydrogen-bond acceptors (Lipinski definition) is 3. The summed E-state index contributed by atoms with van der Waals surface area (Å²) in [7, 11) is 2.14. The molecule has 3 nitrogen and oxygen atoms in total. The maximum atomic E-state index is 9.29. The molecule has 0 amide bonds. The summed E-state index contributed by atoms with van der Waals surface area (Å²) in [6.45, 7) is 1.13. The molecule has 1 unspecified atom stereocenters. The van der Waals surface area contributed by atoms with Crippen LogP contribution in [0.25, 0.3) is 0 Å². The molecule has 1 saturated carbocycles. The Morgan fingerprint density at radius 2 is 2.28 bits per heavy atom. The Balaban J connectivity index is 1.86. The fourth-order valence-electron chi connectivity index (χ4n) is 2.68. The minimum atomic E-state index is -0.143. The zero-order valence-electron chi connectivity index (χ0n) is 10.8. The summed E-state index contributed by atoms with van der Waals surface area (Å²) in [4.78, 5) is 2.30. The number of hydrogen-bond donors (Lipinski definition) is 1. The van der Waals surface area contributed by atoms with Gasteiger partial charge in [0.05, 0.1) is 6.07 Å². The van der Waals surface area contributed by atoms with Gasteiger partial charge in [-0.1, -0.05) is 12.1 Å². The van der Waals surface area contributed by atoms with E-state index in [1.54, 1.807) is 0 Å². The second-order valence-corrected chi connectivity index (χ2v) is 5.42. The molecule has 1 aliphatic heterocycles. The fraction of sp³-hybridized carbons (Fsp3) is 0.533. The first-order valence-electron chi connectivity index (χ1n) is 6.77. The summed E-state index contributed by atoms with van der Waals surface area (Å²) in [6.07, 6.45) is 4.77. The van der Waals surface area contributed by atoms with E-state index in [0.717, 1.165) is 18.5 Å². The van der Waals surface area contributed by atoms with Crippen LogP contribution in [-0.4, -0.2) is 19.6 Å². The molecule has 94 valence electrons. The largest absolute Gasteiger partial charge is 0.374 e.